The summed E-state index contributed by atoms with van der Waals surface area (Å²) in [4.78, 5) is 10.7. The molecule has 118 valence electrons. The minimum absolute atomic E-state index is 0.211. The Labute approximate surface area is 130 Å². The van der Waals surface area contributed by atoms with Crippen LogP contribution >= 0.6 is 0 Å². The number of para-hydroxylation sites is 1. The average Bonchev–Trinajstić information content (AvgIpc) is 2.54. The molecule has 0 saturated heterocycles. The Kier molecular flexibility index (Phi) is 4.96. The molecule has 0 aliphatic rings. The topological polar surface area (TPSA) is 62.5 Å². The number of halogens is 3. The second kappa shape index (κ2) is 6.92. The zero-order chi connectivity index (χ0) is 16.9. The summed E-state index contributed by atoms with van der Waals surface area (Å²) in [5.41, 5.74) is -0.145. The van der Waals surface area contributed by atoms with Crippen molar-refractivity contribution in [2.75, 3.05) is 0 Å². The molecular formula is C16H11F3N2O2. The molecule has 0 aromatic heterocycles. The van der Waals surface area contributed by atoms with Crippen molar-refractivity contribution < 1.29 is 17.9 Å². The largest absolute Gasteiger partial charge is 0.488 e. The monoisotopic (exact) mass is 320 g/mol. The summed E-state index contributed by atoms with van der Waals surface area (Å²) >= 11 is 0. The first-order valence-electron chi connectivity index (χ1n) is 6.56. The molecule has 0 aliphatic heterocycles. The lowest BCUT2D eigenvalue weighted by atomic mass is 10.0. The van der Waals surface area contributed by atoms with Crippen LogP contribution in [-0.2, 0) is 12.8 Å². The predicted octanol–water partition coefficient (Wildman–Crippen LogP) is 4.62. The normalized spacial score (nSPS) is 12.3. The Balaban J connectivity index is 2.27. The second-order valence-electron chi connectivity index (χ2n) is 4.62. The molecule has 2 aromatic carbocycles. The van der Waals surface area contributed by atoms with Gasteiger partial charge < -0.3 is 4.74 Å². The van der Waals surface area contributed by atoms with Gasteiger partial charge in [-0.05, 0) is 22.9 Å². The van der Waals surface area contributed by atoms with Gasteiger partial charge in [0.2, 0.25) is 6.04 Å². The fraction of sp³-hybridized carbons (Fsp3) is 0.188. The molecule has 0 heterocycles. The second-order valence-corrected chi connectivity index (χ2v) is 4.62. The van der Waals surface area contributed by atoms with E-state index in [0.717, 1.165) is 6.07 Å². The SMILES string of the molecule is N#CC(N=O)c1ccccc1COc1ccccc1C(F)(F)F. The van der Waals surface area contributed by atoms with Crippen molar-refractivity contribution in [3.63, 3.8) is 0 Å². The molecule has 1 unspecified atom stereocenters. The van der Waals surface area contributed by atoms with Gasteiger partial charge in [0.1, 0.15) is 12.4 Å². The summed E-state index contributed by atoms with van der Waals surface area (Å²) in [6, 6.07) is 11.7. The van der Waals surface area contributed by atoms with Gasteiger partial charge in [-0.1, -0.05) is 36.4 Å². The Morgan fingerprint density at radius 1 is 1.13 bits per heavy atom. The first-order chi connectivity index (χ1) is 11.0. The van der Waals surface area contributed by atoms with Crippen LogP contribution in [0.1, 0.15) is 22.7 Å². The molecule has 0 spiro atoms. The quantitative estimate of drug-likeness (QED) is 0.755. The van der Waals surface area contributed by atoms with Crippen LogP contribution in [0, 0.1) is 16.2 Å². The van der Waals surface area contributed by atoms with Gasteiger partial charge in [0, 0.05) is 5.56 Å². The van der Waals surface area contributed by atoms with E-state index < -0.39 is 17.8 Å². The zero-order valence-corrected chi connectivity index (χ0v) is 11.7. The van der Waals surface area contributed by atoms with Gasteiger partial charge in [-0.3, -0.25) is 0 Å². The molecule has 0 fully saturated rings. The van der Waals surface area contributed by atoms with Crippen molar-refractivity contribution in [3.8, 4) is 11.8 Å². The van der Waals surface area contributed by atoms with Gasteiger partial charge in [0.05, 0.1) is 11.6 Å². The fourth-order valence-corrected chi connectivity index (χ4v) is 2.06. The fourth-order valence-electron chi connectivity index (χ4n) is 2.06. The number of alkyl halides is 3. The van der Waals surface area contributed by atoms with Gasteiger partial charge in [-0.2, -0.15) is 18.4 Å². The minimum Gasteiger partial charge on any atom is -0.488 e. The van der Waals surface area contributed by atoms with Crippen LogP contribution in [0.3, 0.4) is 0 Å². The lowest BCUT2D eigenvalue weighted by Crippen LogP contribution is -2.09. The van der Waals surface area contributed by atoms with Crippen molar-refractivity contribution in [1.82, 2.24) is 0 Å². The van der Waals surface area contributed by atoms with E-state index in [2.05, 4.69) is 5.18 Å². The van der Waals surface area contributed by atoms with E-state index in [1.807, 2.05) is 0 Å². The van der Waals surface area contributed by atoms with Crippen LogP contribution < -0.4 is 4.74 Å². The first kappa shape index (κ1) is 16.5. The highest BCUT2D eigenvalue weighted by Crippen LogP contribution is 2.36. The van der Waals surface area contributed by atoms with Gasteiger partial charge in [-0.15, -0.1) is 4.91 Å². The van der Waals surface area contributed by atoms with E-state index in [9.17, 15) is 18.1 Å². The van der Waals surface area contributed by atoms with Gasteiger partial charge >= 0.3 is 6.18 Å². The standard InChI is InChI=1S/C16H11F3N2O2/c17-16(18,19)13-7-3-4-8-15(13)23-10-11-5-1-2-6-12(11)14(9-20)21-22/h1-8,14H,10H2. The molecular weight excluding hydrogens is 309 g/mol. The smallest absolute Gasteiger partial charge is 0.419 e. The number of hydrogen-bond donors (Lipinski definition) is 0. The van der Waals surface area contributed by atoms with Gasteiger partial charge in [0.15, 0.2) is 0 Å². The lowest BCUT2D eigenvalue weighted by molar-refractivity contribution is -0.139. The van der Waals surface area contributed by atoms with Gasteiger partial charge in [0.25, 0.3) is 0 Å². The summed E-state index contributed by atoms with van der Waals surface area (Å²) in [6.07, 6.45) is -4.53. The maximum atomic E-state index is 12.9. The highest BCUT2D eigenvalue weighted by atomic mass is 19.4. The molecule has 0 bridgehead atoms. The van der Waals surface area contributed by atoms with Crippen molar-refractivity contribution in [1.29, 1.82) is 5.26 Å². The van der Waals surface area contributed by atoms with Crippen molar-refractivity contribution in [3.05, 3.63) is 70.1 Å². The summed E-state index contributed by atoms with van der Waals surface area (Å²) < 4.78 is 44.0. The molecule has 0 radical (unpaired) electrons. The highest BCUT2D eigenvalue weighted by Gasteiger charge is 2.34. The maximum Gasteiger partial charge on any atom is 0.419 e. The highest BCUT2D eigenvalue weighted by molar-refractivity contribution is 5.37. The maximum absolute atomic E-state index is 12.9. The van der Waals surface area contributed by atoms with E-state index in [1.54, 1.807) is 24.3 Å². The first-order valence-corrected chi connectivity index (χ1v) is 6.56. The number of nitroso groups, excluding NO2 is 1. The predicted molar refractivity (Wildman–Crippen MR) is 76.4 cm³/mol. The zero-order valence-electron chi connectivity index (χ0n) is 11.7. The molecule has 2 aromatic rings. The number of rotatable bonds is 5. The number of hydrogen-bond acceptors (Lipinski definition) is 4. The van der Waals surface area contributed by atoms with Crippen molar-refractivity contribution >= 4 is 0 Å². The number of ether oxygens (including phenoxy) is 1. The van der Waals surface area contributed by atoms with Crippen molar-refractivity contribution in [2.24, 2.45) is 5.18 Å². The third-order valence-corrected chi connectivity index (χ3v) is 3.15. The van der Waals surface area contributed by atoms with Gasteiger partial charge in [-0.25, -0.2) is 0 Å². The molecule has 2 rings (SSSR count). The van der Waals surface area contributed by atoms with E-state index in [4.69, 9.17) is 10.00 Å². The third-order valence-electron chi connectivity index (χ3n) is 3.15. The van der Waals surface area contributed by atoms with Crippen molar-refractivity contribution in [2.45, 2.75) is 18.8 Å². The molecule has 0 saturated carbocycles. The number of nitrogens with zero attached hydrogens (tertiary/aromatic N) is 2. The Morgan fingerprint density at radius 3 is 2.43 bits per heavy atom. The number of benzene rings is 2. The summed E-state index contributed by atoms with van der Waals surface area (Å²) in [5.74, 6) is -0.317. The molecule has 4 nitrogen and oxygen atoms in total. The summed E-state index contributed by atoms with van der Waals surface area (Å²) in [6.45, 7) is -0.211. The number of nitriles is 1. The van der Waals surface area contributed by atoms with Crippen LogP contribution in [-0.4, -0.2) is 0 Å². The Bertz CT molecular complexity index is 739. The molecule has 0 N–H and O–H groups in total. The molecule has 7 heteroatoms. The molecule has 1 atom stereocenters. The Morgan fingerprint density at radius 2 is 1.78 bits per heavy atom. The van der Waals surface area contributed by atoms with Crippen LogP contribution in [0.4, 0.5) is 13.2 Å². The average molecular weight is 320 g/mol. The van der Waals surface area contributed by atoms with Crippen LogP contribution in [0.2, 0.25) is 0 Å². The van der Waals surface area contributed by atoms with E-state index >= 15 is 0 Å². The lowest BCUT2D eigenvalue weighted by Gasteiger charge is -2.15. The summed E-state index contributed by atoms with van der Waals surface area (Å²) in [5, 5.41) is 11.6. The Hall–Kier alpha value is -2.88. The van der Waals surface area contributed by atoms with E-state index in [1.165, 1.54) is 24.3 Å². The third kappa shape index (κ3) is 3.86. The molecule has 0 amide bonds. The van der Waals surface area contributed by atoms with E-state index in [0.29, 0.717) is 11.1 Å². The minimum atomic E-state index is -4.53. The molecule has 23 heavy (non-hydrogen) atoms. The molecule has 0 aliphatic carbocycles. The van der Waals surface area contributed by atoms with Crippen LogP contribution in [0.15, 0.2) is 53.7 Å². The van der Waals surface area contributed by atoms with Crippen LogP contribution in [0.25, 0.3) is 0 Å². The summed E-state index contributed by atoms with van der Waals surface area (Å²) in [7, 11) is 0. The van der Waals surface area contributed by atoms with E-state index in [-0.39, 0.29) is 12.4 Å². The van der Waals surface area contributed by atoms with Crippen LogP contribution in [0.5, 0.6) is 5.75 Å².